The zero-order chi connectivity index (χ0) is 14.4. The minimum absolute atomic E-state index is 0.890. The van der Waals surface area contributed by atoms with Crippen molar-refractivity contribution in [3.63, 3.8) is 0 Å². The molecule has 1 heterocycles. The van der Waals surface area contributed by atoms with E-state index >= 15 is 0 Å². The Bertz CT molecular complexity index is 545. The third kappa shape index (κ3) is 3.45. The van der Waals surface area contributed by atoms with Crippen LogP contribution in [0.4, 0.5) is 0 Å². The van der Waals surface area contributed by atoms with E-state index in [0.717, 1.165) is 38.2 Å². The van der Waals surface area contributed by atoms with E-state index in [2.05, 4.69) is 54.6 Å². The second kappa shape index (κ2) is 7.20. The maximum Gasteiger partial charge on any atom is 0.0888 e. The van der Waals surface area contributed by atoms with Gasteiger partial charge in [0.2, 0.25) is 0 Å². The summed E-state index contributed by atoms with van der Waals surface area (Å²) in [4.78, 5) is 0. The van der Waals surface area contributed by atoms with Crippen molar-refractivity contribution in [2.45, 2.75) is 46.7 Å². The van der Waals surface area contributed by atoms with Gasteiger partial charge in [-0.1, -0.05) is 36.8 Å². The van der Waals surface area contributed by atoms with Gasteiger partial charge in [-0.3, -0.25) is 0 Å². The molecule has 4 heteroatoms. The third-order valence-corrected chi connectivity index (χ3v) is 3.34. The molecule has 0 fully saturated rings. The van der Waals surface area contributed by atoms with Crippen molar-refractivity contribution in [2.24, 2.45) is 0 Å². The minimum atomic E-state index is 0.890. The van der Waals surface area contributed by atoms with Crippen LogP contribution in [0.1, 0.15) is 37.8 Å². The molecule has 2 aromatic rings. The number of hydrogen-bond donors (Lipinski definition) is 1. The molecule has 0 atom stereocenters. The molecule has 0 aliphatic carbocycles. The van der Waals surface area contributed by atoms with Crippen LogP contribution < -0.4 is 5.32 Å². The van der Waals surface area contributed by atoms with Gasteiger partial charge in [0.15, 0.2) is 0 Å². The molecule has 1 N–H and O–H groups in total. The highest BCUT2D eigenvalue weighted by Gasteiger charge is 2.11. The van der Waals surface area contributed by atoms with Gasteiger partial charge in [-0.15, -0.1) is 5.10 Å². The van der Waals surface area contributed by atoms with Crippen molar-refractivity contribution >= 4 is 0 Å². The lowest BCUT2D eigenvalue weighted by Crippen LogP contribution is -2.15. The lowest BCUT2D eigenvalue weighted by atomic mass is 10.0. The first-order chi connectivity index (χ1) is 9.76. The fraction of sp³-hybridized carbons (Fsp3) is 0.500. The van der Waals surface area contributed by atoms with Gasteiger partial charge in [-0.05, 0) is 37.9 Å². The number of nitrogens with one attached hydrogen (secondary N) is 1. The van der Waals surface area contributed by atoms with Crippen LogP contribution in [-0.2, 0) is 13.1 Å². The summed E-state index contributed by atoms with van der Waals surface area (Å²) in [6.07, 6.45) is 4.08. The molecule has 0 aliphatic rings. The SMILES string of the molecule is CCCNCc1ccc(C)cc1-c1cnnn1CCC. The quantitative estimate of drug-likeness (QED) is 0.787. The van der Waals surface area contributed by atoms with E-state index in [4.69, 9.17) is 0 Å². The number of aryl methyl sites for hydroxylation is 2. The average molecular weight is 272 g/mol. The molecule has 0 unspecified atom stereocenters. The molecule has 2 rings (SSSR count). The van der Waals surface area contributed by atoms with E-state index in [1.807, 2.05) is 10.9 Å². The molecule has 0 amide bonds. The molecule has 0 saturated heterocycles. The van der Waals surface area contributed by atoms with Crippen LogP contribution in [-0.4, -0.2) is 21.5 Å². The number of hydrogen-bond acceptors (Lipinski definition) is 3. The maximum absolute atomic E-state index is 4.20. The van der Waals surface area contributed by atoms with Gasteiger partial charge < -0.3 is 5.32 Å². The first-order valence-electron chi connectivity index (χ1n) is 7.45. The summed E-state index contributed by atoms with van der Waals surface area (Å²) in [7, 11) is 0. The van der Waals surface area contributed by atoms with E-state index in [1.54, 1.807) is 0 Å². The molecule has 0 spiro atoms. The molecular weight excluding hydrogens is 248 g/mol. The smallest absolute Gasteiger partial charge is 0.0888 e. The van der Waals surface area contributed by atoms with E-state index in [9.17, 15) is 0 Å². The monoisotopic (exact) mass is 272 g/mol. The molecule has 0 radical (unpaired) electrons. The first kappa shape index (κ1) is 14.7. The summed E-state index contributed by atoms with van der Waals surface area (Å²) in [5.41, 5.74) is 4.93. The van der Waals surface area contributed by atoms with Crippen LogP contribution in [0.15, 0.2) is 24.4 Å². The van der Waals surface area contributed by atoms with Gasteiger partial charge >= 0.3 is 0 Å². The molecule has 0 aliphatic heterocycles. The Morgan fingerprint density at radius 2 is 2.05 bits per heavy atom. The van der Waals surface area contributed by atoms with E-state index in [-0.39, 0.29) is 0 Å². The van der Waals surface area contributed by atoms with Gasteiger partial charge in [-0.2, -0.15) is 0 Å². The van der Waals surface area contributed by atoms with Crippen LogP contribution in [0.25, 0.3) is 11.3 Å². The van der Waals surface area contributed by atoms with Crippen LogP contribution in [0.3, 0.4) is 0 Å². The minimum Gasteiger partial charge on any atom is -0.313 e. The molecule has 20 heavy (non-hydrogen) atoms. The number of nitrogens with zero attached hydrogens (tertiary/aromatic N) is 3. The van der Waals surface area contributed by atoms with Crippen molar-refractivity contribution in [3.05, 3.63) is 35.5 Å². The fourth-order valence-corrected chi connectivity index (χ4v) is 2.33. The Labute approximate surface area is 121 Å². The Hall–Kier alpha value is -1.68. The Kier molecular flexibility index (Phi) is 5.30. The molecule has 1 aromatic heterocycles. The normalized spacial score (nSPS) is 10.9. The zero-order valence-corrected chi connectivity index (χ0v) is 12.7. The van der Waals surface area contributed by atoms with Gasteiger partial charge in [0.05, 0.1) is 11.9 Å². The van der Waals surface area contributed by atoms with Crippen LogP contribution >= 0.6 is 0 Å². The largest absolute Gasteiger partial charge is 0.313 e. The van der Waals surface area contributed by atoms with Crippen molar-refractivity contribution in [1.82, 2.24) is 20.3 Å². The first-order valence-corrected chi connectivity index (χ1v) is 7.45. The van der Waals surface area contributed by atoms with Gasteiger partial charge in [0.25, 0.3) is 0 Å². The molecular formula is C16H24N4. The fourth-order valence-electron chi connectivity index (χ4n) is 2.33. The summed E-state index contributed by atoms with van der Waals surface area (Å²) in [5, 5.41) is 11.7. The van der Waals surface area contributed by atoms with E-state index < -0.39 is 0 Å². The van der Waals surface area contributed by atoms with Crippen LogP contribution in [0.2, 0.25) is 0 Å². The molecule has 1 aromatic carbocycles. The number of benzene rings is 1. The lowest BCUT2D eigenvalue weighted by molar-refractivity contribution is 0.583. The second-order valence-corrected chi connectivity index (χ2v) is 5.18. The highest BCUT2D eigenvalue weighted by Crippen LogP contribution is 2.24. The predicted molar refractivity (Wildman–Crippen MR) is 82.5 cm³/mol. The lowest BCUT2D eigenvalue weighted by Gasteiger charge is -2.12. The van der Waals surface area contributed by atoms with Gasteiger partial charge in [0, 0.05) is 18.7 Å². The third-order valence-electron chi connectivity index (χ3n) is 3.34. The van der Waals surface area contributed by atoms with Crippen molar-refractivity contribution in [1.29, 1.82) is 0 Å². The second-order valence-electron chi connectivity index (χ2n) is 5.18. The van der Waals surface area contributed by atoms with Gasteiger partial charge in [0.1, 0.15) is 0 Å². The Morgan fingerprint density at radius 1 is 1.20 bits per heavy atom. The Morgan fingerprint density at radius 3 is 2.80 bits per heavy atom. The summed E-state index contributed by atoms with van der Waals surface area (Å²) < 4.78 is 2.00. The standard InChI is InChI=1S/C16H24N4/c1-4-8-17-11-14-7-6-13(3)10-15(14)16-12-18-19-20(16)9-5-2/h6-7,10,12,17H,4-5,8-9,11H2,1-3H3. The topological polar surface area (TPSA) is 42.7 Å². The highest BCUT2D eigenvalue weighted by atomic mass is 15.4. The average Bonchev–Trinajstić information content (AvgIpc) is 2.89. The molecule has 0 bridgehead atoms. The summed E-state index contributed by atoms with van der Waals surface area (Å²) in [6.45, 7) is 9.31. The zero-order valence-electron chi connectivity index (χ0n) is 12.7. The molecule has 4 nitrogen and oxygen atoms in total. The van der Waals surface area contributed by atoms with Crippen molar-refractivity contribution in [3.8, 4) is 11.3 Å². The summed E-state index contributed by atoms with van der Waals surface area (Å²) in [6, 6.07) is 6.60. The van der Waals surface area contributed by atoms with Crippen molar-refractivity contribution in [2.75, 3.05) is 6.54 Å². The van der Waals surface area contributed by atoms with E-state index in [0.29, 0.717) is 0 Å². The Balaban J connectivity index is 2.32. The molecule has 108 valence electrons. The maximum atomic E-state index is 4.20. The van der Waals surface area contributed by atoms with E-state index in [1.165, 1.54) is 16.7 Å². The summed E-state index contributed by atoms with van der Waals surface area (Å²) >= 11 is 0. The van der Waals surface area contributed by atoms with Crippen LogP contribution in [0, 0.1) is 6.92 Å². The summed E-state index contributed by atoms with van der Waals surface area (Å²) in [5.74, 6) is 0. The van der Waals surface area contributed by atoms with Crippen molar-refractivity contribution < 1.29 is 0 Å². The van der Waals surface area contributed by atoms with Crippen LogP contribution in [0.5, 0.6) is 0 Å². The van der Waals surface area contributed by atoms with Gasteiger partial charge in [-0.25, -0.2) is 4.68 Å². The molecule has 0 saturated carbocycles. The predicted octanol–water partition coefficient (Wildman–Crippen LogP) is 3.16. The highest BCUT2D eigenvalue weighted by molar-refractivity contribution is 5.64. The number of aromatic nitrogens is 3. The number of rotatable bonds is 7.